The van der Waals surface area contributed by atoms with Crippen molar-refractivity contribution in [3.8, 4) is 0 Å². The predicted molar refractivity (Wildman–Crippen MR) is 87.6 cm³/mol. The van der Waals surface area contributed by atoms with Gasteiger partial charge in [-0.05, 0) is 38.1 Å². The summed E-state index contributed by atoms with van der Waals surface area (Å²) >= 11 is 0. The van der Waals surface area contributed by atoms with Gasteiger partial charge in [0, 0.05) is 13.1 Å². The van der Waals surface area contributed by atoms with E-state index in [0.29, 0.717) is 6.54 Å². The summed E-state index contributed by atoms with van der Waals surface area (Å²) in [6, 6.07) is 3.41. The lowest BCUT2D eigenvalue weighted by atomic mass is 10.1. The summed E-state index contributed by atoms with van der Waals surface area (Å²) in [5, 5.41) is 6.82. The van der Waals surface area contributed by atoms with Crippen molar-refractivity contribution >= 4 is 5.91 Å². The van der Waals surface area contributed by atoms with Crippen LogP contribution in [0.3, 0.4) is 0 Å². The van der Waals surface area contributed by atoms with E-state index >= 15 is 0 Å². The molecule has 2 aromatic heterocycles. The molecule has 0 spiro atoms. The van der Waals surface area contributed by atoms with Crippen LogP contribution in [0, 0.1) is 0 Å². The standard InChI is InChI=1S/C17H20F3N5O2/c18-17(19,20)16-22-21-14-11-24(8-9-25(14)16)15(26)13-5-4-12(27-13)10-23-6-2-1-3-7-23/h4-5H,1-3,6-11H2. The van der Waals surface area contributed by atoms with Gasteiger partial charge in [-0.25, -0.2) is 0 Å². The summed E-state index contributed by atoms with van der Waals surface area (Å²) in [6.45, 7) is 2.83. The number of piperidine rings is 1. The van der Waals surface area contributed by atoms with E-state index in [-0.39, 0.29) is 37.1 Å². The molecule has 1 amide bonds. The fourth-order valence-corrected chi connectivity index (χ4v) is 3.61. The van der Waals surface area contributed by atoms with Crippen molar-refractivity contribution in [2.24, 2.45) is 0 Å². The van der Waals surface area contributed by atoms with Crippen LogP contribution in [-0.4, -0.2) is 50.1 Å². The number of carbonyl (C=O) groups excluding carboxylic acids is 1. The first-order chi connectivity index (χ1) is 12.9. The lowest BCUT2D eigenvalue weighted by Gasteiger charge is -2.27. The Morgan fingerprint density at radius 1 is 1.07 bits per heavy atom. The Hall–Kier alpha value is -2.36. The zero-order chi connectivity index (χ0) is 19.0. The summed E-state index contributed by atoms with van der Waals surface area (Å²) in [6.07, 6.45) is -0.975. The quantitative estimate of drug-likeness (QED) is 0.815. The maximum absolute atomic E-state index is 12.9. The average molecular weight is 383 g/mol. The molecular weight excluding hydrogens is 363 g/mol. The van der Waals surface area contributed by atoms with Crippen LogP contribution in [0.15, 0.2) is 16.5 Å². The largest absolute Gasteiger partial charge is 0.455 e. The molecule has 0 aliphatic carbocycles. The Bertz CT molecular complexity index is 823. The number of rotatable bonds is 3. The number of halogens is 3. The summed E-state index contributed by atoms with van der Waals surface area (Å²) in [5.74, 6) is -0.318. The third-order valence-corrected chi connectivity index (χ3v) is 4.99. The van der Waals surface area contributed by atoms with E-state index in [1.807, 2.05) is 0 Å². The van der Waals surface area contributed by atoms with Crippen LogP contribution in [0.25, 0.3) is 0 Å². The van der Waals surface area contributed by atoms with Crippen molar-refractivity contribution in [1.82, 2.24) is 24.6 Å². The maximum Gasteiger partial charge on any atom is 0.451 e. The van der Waals surface area contributed by atoms with Gasteiger partial charge >= 0.3 is 6.18 Å². The fourth-order valence-electron chi connectivity index (χ4n) is 3.61. The lowest BCUT2D eigenvalue weighted by Crippen LogP contribution is -2.39. The number of furan rings is 1. The van der Waals surface area contributed by atoms with Gasteiger partial charge in [0.25, 0.3) is 5.91 Å². The van der Waals surface area contributed by atoms with Crippen molar-refractivity contribution in [2.75, 3.05) is 19.6 Å². The van der Waals surface area contributed by atoms with Gasteiger partial charge in [0.15, 0.2) is 11.6 Å². The molecule has 146 valence electrons. The highest BCUT2D eigenvalue weighted by atomic mass is 19.4. The number of fused-ring (bicyclic) bond motifs is 1. The van der Waals surface area contributed by atoms with E-state index in [9.17, 15) is 18.0 Å². The molecule has 4 rings (SSSR count). The Balaban J connectivity index is 1.42. The van der Waals surface area contributed by atoms with Crippen LogP contribution in [-0.2, 0) is 25.8 Å². The number of aromatic nitrogens is 3. The molecule has 2 aromatic rings. The van der Waals surface area contributed by atoms with Crippen LogP contribution in [0.1, 0.15) is 47.2 Å². The number of amides is 1. The van der Waals surface area contributed by atoms with Gasteiger partial charge in [0.05, 0.1) is 13.1 Å². The minimum absolute atomic E-state index is 0.00423. The summed E-state index contributed by atoms with van der Waals surface area (Å²) in [7, 11) is 0. The van der Waals surface area contributed by atoms with Crippen molar-refractivity contribution in [1.29, 1.82) is 0 Å². The number of hydrogen-bond donors (Lipinski definition) is 0. The first-order valence-electron chi connectivity index (χ1n) is 9.01. The third-order valence-electron chi connectivity index (χ3n) is 4.99. The number of hydrogen-bond acceptors (Lipinski definition) is 5. The van der Waals surface area contributed by atoms with Crippen LogP contribution >= 0.6 is 0 Å². The van der Waals surface area contributed by atoms with E-state index in [2.05, 4.69) is 15.1 Å². The summed E-state index contributed by atoms with van der Waals surface area (Å²) in [5.41, 5.74) is 0. The molecule has 0 radical (unpaired) electrons. The number of carbonyl (C=O) groups is 1. The second kappa shape index (κ2) is 6.99. The molecule has 0 aromatic carbocycles. The van der Waals surface area contributed by atoms with Gasteiger partial charge in [-0.3, -0.25) is 9.69 Å². The third kappa shape index (κ3) is 3.71. The van der Waals surface area contributed by atoms with Crippen LogP contribution in [0.4, 0.5) is 13.2 Å². The topological polar surface area (TPSA) is 67.4 Å². The van der Waals surface area contributed by atoms with Crippen LogP contribution in [0.5, 0.6) is 0 Å². The lowest BCUT2D eigenvalue weighted by molar-refractivity contribution is -0.147. The van der Waals surface area contributed by atoms with Crippen molar-refractivity contribution < 1.29 is 22.4 Å². The second-order valence-corrected chi connectivity index (χ2v) is 6.92. The molecule has 0 atom stereocenters. The van der Waals surface area contributed by atoms with Gasteiger partial charge < -0.3 is 13.9 Å². The van der Waals surface area contributed by atoms with Crippen LogP contribution < -0.4 is 0 Å². The molecule has 0 saturated carbocycles. The Kier molecular flexibility index (Phi) is 4.67. The molecule has 2 aliphatic heterocycles. The van der Waals surface area contributed by atoms with Crippen molar-refractivity contribution in [3.63, 3.8) is 0 Å². The molecule has 0 N–H and O–H groups in total. The fraction of sp³-hybridized carbons (Fsp3) is 0.588. The highest BCUT2D eigenvalue weighted by molar-refractivity contribution is 5.91. The van der Waals surface area contributed by atoms with E-state index in [4.69, 9.17) is 4.42 Å². The smallest absolute Gasteiger partial charge is 0.451 e. The number of alkyl halides is 3. The molecule has 0 bridgehead atoms. The van der Waals surface area contributed by atoms with Gasteiger partial charge in [0.1, 0.15) is 5.76 Å². The predicted octanol–water partition coefficient (Wildman–Crippen LogP) is 2.53. The van der Waals surface area contributed by atoms with Gasteiger partial charge in [-0.15, -0.1) is 10.2 Å². The van der Waals surface area contributed by atoms with Gasteiger partial charge in [0.2, 0.25) is 5.82 Å². The maximum atomic E-state index is 12.9. The van der Waals surface area contributed by atoms with E-state index < -0.39 is 12.0 Å². The minimum atomic E-state index is -4.55. The SMILES string of the molecule is O=C(c1ccc(CN2CCCCC2)o1)N1CCn2c(nnc2C(F)(F)F)C1. The van der Waals surface area contributed by atoms with Crippen molar-refractivity contribution in [2.45, 2.75) is 45.1 Å². The summed E-state index contributed by atoms with van der Waals surface area (Å²) in [4.78, 5) is 16.4. The number of nitrogens with zero attached hydrogens (tertiary/aromatic N) is 5. The molecule has 10 heteroatoms. The Labute approximate surface area is 153 Å². The monoisotopic (exact) mass is 383 g/mol. The molecular formula is C17H20F3N5O2. The molecule has 2 aliphatic rings. The molecule has 1 fully saturated rings. The zero-order valence-electron chi connectivity index (χ0n) is 14.7. The number of likely N-dealkylation sites (tertiary alicyclic amines) is 1. The molecule has 4 heterocycles. The highest BCUT2D eigenvalue weighted by Gasteiger charge is 2.40. The highest BCUT2D eigenvalue weighted by Crippen LogP contribution is 2.29. The first kappa shape index (κ1) is 18.0. The van der Waals surface area contributed by atoms with E-state index in [1.54, 1.807) is 12.1 Å². The Morgan fingerprint density at radius 2 is 1.85 bits per heavy atom. The Morgan fingerprint density at radius 3 is 2.59 bits per heavy atom. The van der Waals surface area contributed by atoms with Crippen LogP contribution in [0.2, 0.25) is 0 Å². The average Bonchev–Trinajstić information content (AvgIpc) is 3.28. The van der Waals surface area contributed by atoms with E-state index in [1.165, 1.54) is 24.2 Å². The van der Waals surface area contributed by atoms with Gasteiger partial charge in [-0.1, -0.05) is 6.42 Å². The van der Waals surface area contributed by atoms with E-state index in [0.717, 1.165) is 23.4 Å². The first-order valence-corrected chi connectivity index (χ1v) is 9.01. The molecule has 1 saturated heterocycles. The molecule has 27 heavy (non-hydrogen) atoms. The minimum Gasteiger partial charge on any atom is -0.455 e. The molecule has 0 unspecified atom stereocenters. The second-order valence-electron chi connectivity index (χ2n) is 6.92. The van der Waals surface area contributed by atoms with Crippen molar-refractivity contribution in [3.05, 3.63) is 35.3 Å². The van der Waals surface area contributed by atoms with Gasteiger partial charge in [-0.2, -0.15) is 13.2 Å². The normalized spacial score (nSPS) is 18.6. The zero-order valence-corrected chi connectivity index (χ0v) is 14.7. The summed E-state index contributed by atoms with van der Waals surface area (Å²) < 4.78 is 45.4. The molecule has 7 nitrogen and oxygen atoms in total.